The van der Waals surface area contributed by atoms with E-state index >= 15 is 0 Å². The summed E-state index contributed by atoms with van der Waals surface area (Å²) in [5.41, 5.74) is 4.45. The first-order valence-electron chi connectivity index (χ1n) is 15.1. The smallest absolute Gasteiger partial charge is 0.253 e. The lowest BCUT2D eigenvalue weighted by Gasteiger charge is -2.34. The number of thiophene rings is 1. The number of fused-ring (bicyclic) bond motifs is 2. The minimum absolute atomic E-state index is 0.0313. The Balaban J connectivity index is 1.05. The van der Waals surface area contributed by atoms with Crippen molar-refractivity contribution in [3.63, 3.8) is 0 Å². The van der Waals surface area contributed by atoms with Crippen LogP contribution in [0.2, 0.25) is 0 Å². The van der Waals surface area contributed by atoms with Crippen molar-refractivity contribution in [3.05, 3.63) is 83.4 Å². The molecule has 0 radical (unpaired) electrons. The van der Waals surface area contributed by atoms with Gasteiger partial charge < -0.3 is 19.9 Å². The molecule has 2 saturated heterocycles. The molecule has 7 rings (SSSR count). The average Bonchev–Trinajstić information content (AvgIpc) is 3.74. The van der Waals surface area contributed by atoms with Crippen LogP contribution in [0.15, 0.2) is 67.4 Å². The molecular weight excluding hydrogens is 588 g/mol. The van der Waals surface area contributed by atoms with Gasteiger partial charge in [0.05, 0.1) is 35.1 Å². The Morgan fingerprint density at radius 2 is 1.82 bits per heavy atom. The molecule has 0 spiro atoms. The Morgan fingerprint density at radius 1 is 1.02 bits per heavy atom. The Morgan fingerprint density at radius 3 is 2.60 bits per heavy atom. The van der Waals surface area contributed by atoms with Crippen LogP contribution in [0.25, 0.3) is 32.5 Å². The van der Waals surface area contributed by atoms with Crippen molar-refractivity contribution in [1.29, 1.82) is 0 Å². The van der Waals surface area contributed by atoms with Gasteiger partial charge >= 0.3 is 0 Å². The van der Waals surface area contributed by atoms with Gasteiger partial charge in [0.15, 0.2) is 11.6 Å². The minimum atomic E-state index is -0.220. The van der Waals surface area contributed by atoms with Crippen LogP contribution < -0.4 is 10.2 Å². The summed E-state index contributed by atoms with van der Waals surface area (Å²) in [6, 6.07) is 15.7. The highest BCUT2D eigenvalue weighted by Gasteiger charge is 2.25. The molecule has 0 bridgehead atoms. The van der Waals surface area contributed by atoms with Gasteiger partial charge in [-0.05, 0) is 35.9 Å². The second kappa shape index (κ2) is 12.8. The van der Waals surface area contributed by atoms with Crippen molar-refractivity contribution in [3.8, 4) is 11.4 Å². The number of ether oxygens (including phenoxy) is 1. The molecule has 0 aliphatic carbocycles. The number of carbonyl (C=O) groups is 2. The molecule has 45 heavy (non-hydrogen) atoms. The number of nitrogens with zero attached hydrogens (tertiary/aromatic N) is 6. The molecule has 2 amide bonds. The third kappa shape index (κ3) is 6.17. The van der Waals surface area contributed by atoms with E-state index in [0.29, 0.717) is 44.2 Å². The van der Waals surface area contributed by atoms with Gasteiger partial charge in [-0.15, -0.1) is 11.3 Å². The number of aromatic amines is 1. The van der Waals surface area contributed by atoms with Gasteiger partial charge in [-0.3, -0.25) is 19.6 Å². The largest absolute Gasteiger partial charge is 0.378 e. The Bertz CT molecular complexity index is 1850. The molecule has 12 heteroatoms. The molecule has 2 aromatic carbocycles. The van der Waals surface area contributed by atoms with Crippen LogP contribution in [0.4, 0.5) is 5.82 Å². The summed E-state index contributed by atoms with van der Waals surface area (Å²) >= 11 is 1.75. The molecule has 2 aliphatic heterocycles. The van der Waals surface area contributed by atoms with Crippen molar-refractivity contribution in [1.82, 2.24) is 35.3 Å². The second-order valence-corrected chi connectivity index (χ2v) is 12.4. The van der Waals surface area contributed by atoms with Crippen molar-refractivity contribution in [2.24, 2.45) is 0 Å². The summed E-state index contributed by atoms with van der Waals surface area (Å²) in [4.78, 5) is 42.6. The average molecular weight is 623 g/mol. The molecule has 5 heterocycles. The van der Waals surface area contributed by atoms with E-state index in [1.54, 1.807) is 11.3 Å². The number of H-pyrrole nitrogens is 1. The first-order valence-corrected chi connectivity index (χ1v) is 15.9. The number of piperazine rings is 1. The minimum Gasteiger partial charge on any atom is -0.378 e. The zero-order valence-electron chi connectivity index (χ0n) is 24.9. The summed E-state index contributed by atoms with van der Waals surface area (Å²) in [6.45, 7) is 10.5. The first-order chi connectivity index (χ1) is 22.1. The number of nitrogens with one attached hydrogen (secondary N) is 2. The van der Waals surface area contributed by atoms with Crippen LogP contribution in [0.5, 0.6) is 0 Å². The maximum absolute atomic E-state index is 13.2. The Hall–Kier alpha value is -4.65. The van der Waals surface area contributed by atoms with E-state index < -0.39 is 0 Å². The van der Waals surface area contributed by atoms with Gasteiger partial charge in [-0.2, -0.15) is 5.10 Å². The van der Waals surface area contributed by atoms with E-state index in [1.165, 1.54) is 11.0 Å². The highest BCUT2D eigenvalue weighted by atomic mass is 32.1. The maximum atomic E-state index is 13.2. The fourth-order valence-corrected chi connectivity index (χ4v) is 7.01. The standard InChI is InChI=1S/C33H34N8O3S/c1-2-29(42)34-19-22-6-8-23(9-7-22)33(43)41-12-10-39(11-13-41)21-24-18-28-30(45-24)32(40-14-16-44-17-15-40)37-31(36-28)25-4-3-5-27-26(25)20-35-38-27/h2-9,18,20H,1,10-17,19,21H2,(H,34,42)(H,35,38). The van der Waals surface area contributed by atoms with Gasteiger partial charge in [0.1, 0.15) is 0 Å². The zero-order valence-corrected chi connectivity index (χ0v) is 25.7. The monoisotopic (exact) mass is 622 g/mol. The van der Waals surface area contributed by atoms with Crippen LogP contribution in [0.3, 0.4) is 0 Å². The molecule has 230 valence electrons. The number of aromatic nitrogens is 4. The number of rotatable bonds is 8. The Kier molecular flexibility index (Phi) is 8.25. The lowest BCUT2D eigenvalue weighted by atomic mass is 10.1. The molecule has 5 aromatic rings. The third-order valence-electron chi connectivity index (χ3n) is 8.33. The zero-order chi connectivity index (χ0) is 30.8. The second-order valence-electron chi connectivity index (χ2n) is 11.2. The van der Waals surface area contributed by atoms with E-state index in [1.807, 2.05) is 53.6 Å². The van der Waals surface area contributed by atoms with Gasteiger partial charge in [-0.1, -0.05) is 30.8 Å². The molecule has 2 fully saturated rings. The molecule has 0 saturated carbocycles. The predicted octanol–water partition coefficient (Wildman–Crippen LogP) is 3.83. The van der Waals surface area contributed by atoms with E-state index in [9.17, 15) is 9.59 Å². The van der Waals surface area contributed by atoms with E-state index in [0.717, 1.165) is 70.8 Å². The highest BCUT2D eigenvalue weighted by Crippen LogP contribution is 2.36. The molecule has 2 N–H and O–H groups in total. The first kappa shape index (κ1) is 29.1. The van der Waals surface area contributed by atoms with Crippen LogP contribution >= 0.6 is 11.3 Å². The van der Waals surface area contributed by atoms with Crippen LogP contribution in [-0.4, -0.2) is 94.3 Å². The summed E-state index contributed by atoms with van der Waals surface area (Å²) in [6.07, 6.45) is 3.08. The molecule has 11 nitrogen and oxygen atoms in total. The maximum Gasteiger partial charge on any atom is 0.253 e. The lowest BCUT2D eigenvalue weighted by molar-refractivity contribution is -0.116. The lowest BCUT2D eigenvalue weighted by Crippen LogP contribution is -2.48. The van der Waals surface area contributed by atoms with Crippen LogP contribution in [0.1, 0.15) is 20.8 Å². The fraction of sp³-hybridized carbons (Fsp3) is 0.303. The van der Waals surface area contributed by atoms with Crippen molar-refractivity contribution < 1.29 is 14.3 Å². The highest BCUT2D eigenvalue weighted by molar-refractivity contribution is 7.19. The van der Waals surface area contributed by atoms with Gasteiger partial charge in [0, 0.05) is 73.7 Å². The molecule has 2 aliphatic rings. The van der Waals surface area contributed by atoms with Crippen LogP contribution in [-0.2, 0) is 22.6 Å². The SMILES string of the molecule is C=CC(=O)NCc1ccc(C(=O)N2CCN(Cc3cc4nc(-c5cccc6[nH]ncc56)nc(N5CCOCC5)c4s3)CC2)cc1. The third-order valence-corrected chi connectivity index (χ3v) is 9.44. The topological polar surface area (TPSA) is 120 Å². The number of hydrogen-bond acceptors (Lipinski definition) is 9. The number of amides is 2. The number of anilines is 1. The quantitative estimate of drug-likeness (QED) is 0.251. The molecular formula is C33H34N8O3S. The van der Waals surface area contributed by atoms with Gasteiger partial charge in [-0.25, -0.2) is 9.97 Å². The molecule has 0 unspecified atom stereocenters. The van der Waals surface area contributed by atoms with Crippen molar-refractivity contribution in [2.75, 3.05) is 57.4 Å². The molecule has 3 aromatic heterocycles. The van der Waals surface area contributed by atoms with E-state index in [4.69, 9.17) is 14.7 Å². The predicted molar refractivity (Wildman–Crippen MR) is 175 cm³/mol. The molecule has 0 atom stereocenters. The van der Waals surface area contributed by atoms with E-state index in [-0.39, 0.29) is 11.8 Å². The fourth-order valence-electron chi connectivity index (χ4n) is 5.85. The number of carbonyl (C=O) groups excluding carboxylic acids is 2. The summed E-state index contributed by atoms with van der Waals surface area (Å²) in [7, 11) is 0. The number of morpholine rings is 1. The van der Waals surface area contributed by atoms with Gasteiger partial charge in [0.25, 0.3) is 5.91 Å². The summed E-state index contributed by atoms with van der Waals surface area (Å²) < 4.78 is 6.73. The number of hydrogen-bond donors (Lipinski definition) is 2. The summed E-state index contributed by atoms with van der Waals surface area (Å²) in [5.74, 6) is 1.47. The Labute approximate surface area is 264 Å². The van der Waals surface area contributed by atoms with Gasteiger partial charge in [0.2, 0.25) is 5.91 Å². The van der Waals surface area contributed by atoms with E-state index in [2.05, 4.69) is 38.0 Å². The van der Waals surface area contributed by atoms with Crippen molar-refractivity contribution >= 4 is 50.1 Å². The number of benzene rings is 2. The van der Waals surface area contributed by atoms with Crippen molar-refractivity contribution in [2.45, 2.75) is 13.1 Å². The van der Waals surface area contributed by atoms with Crippen LogP contribution in [0, 0.1) is 0 Å². The summed E-state index contributed by atoms with van der Waals surface area (Å²) in [5, 5.41) is 11.0. The normalized spacial score (nSPS) is 15.9.